The van der Waals surface area contributed by atoms with E-state index in [-0.39, 0.29) is 0 Å². The van der Waals surface area contributed by atoms with Crippen molar-refractivity contribution in [1.29, 1.82) is 0 Å². The van der Waals surface area contributed by atoms with Crippen LogP contribution in [0.3, 0.4) is 0 Å². The number of hydrogen-bond acceptors (Lipinski definition) is 2. The van der Waals surface area contributed by atoms with Gasteiger partial charge in [0.15, 0.2) is 0 Å². The van der Waals surface area contributed by atoms with E-state index < -0.39 is 0 Å². The SMILES string of the molecule is CCCNC(CN1CCCC(C)(C)CC1)C1CCCC1. The van der Waals surface area contributed by atoms with Crippen LogP contribution in [0.5, 0.6) is 0 Å². The second kappa shape index (κ2) is 7.79. The summed E-state index contributed by atoms with van der Waals surface area (Å²) in [7, 11) is 0. The summed E-state index contributed by atoms with van der Waals surface area (Å²) >= 11 is 0. The van der Waals surface area contributed by atoms with Crippen LogP contribution >= 0.6 is 0 Å². The fraction of sp³-hybridized carbons (Fsp3) is 1.00. The highest BCUT2D eigenvalue weighted by Gasteiger charge is 2.28. The van der Waals surface area contributed by atoms with Crippen LogP contribution in [0.1, 0.15) is 72.1 Å². The molecule has 118 valence electrons. The summed E-state index contributed by atoms with van der Waals surface area (Å²) in [4.78, 5) is 2.75. The minimum absolute atomic E-state index is 0.564. The van der Waals surface area contributed by atoms with Gasteiger partial charge in [-0.25, -0.2) is 0 Å². The van der Waals surface area contributed by atoms with Crippen LogP contribution in [0.4, 0.5) is 0 Å². The van der Waals surface area contributed by atoms with E-state index in [1.807, 2.05) is 0 Å². The molecular formula is C18H36N2. The van der Waals surface area contributed by atoms with Gasteiger partial charge in [0.05, 0.1) is 0 Å². The summed E-state index contributed by atoms with van der Waals surface area (Å²) in [6.07, 6.45) is 11.3. The summed E-state index contributed by atoms with van der Waals surface area (Å²) in [6.45, 7) is 12.3. The molecule has 1 atom stereocenters. The third-order valence-electron chi connectivity index (χ3n) is 5.51. The van der Waals surface area contributed by atoms with Crippen molar-refractivity contribution in [3.63, 3.8) is 0 Å². The minimum atomic E-state index is 0.564. The lowest BCUT2D eigenvalue weighted by Gasteiger charge is -2.31. The van der Waals surface area contributed by atoms with E-state index in [0.717, 1.165) is 12.0 Å². The van der Waals surface area contributed by atoms with Crippen molar-refractivity contribution in [3.8, 4) is 0 Å². The van der Waals surface area contributed by atoms with Crippen molar-refractivity contribution in [2.45, 2.75) is 78.2 Å². The first kappa shape index (κ1) is 16.3. The first-order valence-electron chi connectivity index (χ1n) is 9.06. The zero-order chi connectivity index (χ0) is 14.4. The molecule has 0 spiro atoms. The largest absolute Gasteiger partial charge is 0.312 e. The lowest BCUT2D eigenvalue weighted by Crippen LogP contribution is -2.45. The maximum absolute atomic E-state index is 3.86. The van der Waals surface area contributed by atoms with Crippen LogP contribution in [0, 0.1) is 11.3 Å². The van der Waals surface area contributed by atoms with E-state index in [1.165, 1.54) is 77.5 Å². The van der Waals surface area contributed by atoms with Gasteiger partial charge < -0.3 is 10.2 Å². The van der Waals surface area contributed by atoms with Gasteiger partial charge in [-0.3, -0.25) is 0 Å². The zero-order valence-corrected chi connectivity index (χ0v) is 14.1. The minimum Gasteiger partial charge on any atom is -0.312 e. The lowest BCUT2D eigenvalue weighted by molar-refractivity contribution is 0.206. The van der Waals surface area contributed by atoms with Crippen LogP contribution in [-0.4, -0.2) is 37.1 Å². The molecule has 1 aliphatic heterocycles. The molecule has 1 unspecified atom stereocenters. The molecule has 2 rings (SSSR count). The Labute approximate surface area is 126 Å². The van der Waals surface area contributed by atoms with Crippen molar-refractivity contribution in [2.75, 3.05) is 26.2 Å². The molecule has 1 heterocycles. The predicted octanol–water partition coefficient (Wildman–Crippen LogP) is 4.06. The fourth-order valence-electron chi connectivity index (χ4n) is 4.01. The van der Waals surface area contributed by atoms with E-state index in [0.29, 0.717) is 5.41 Å². The van der Waals surface area contributed by atoms with Crippen molar-refractivity contribution in [1.82, 2.24) is 10.2 Å². The molecule has 0 aromatic heterocycles. The molecule has 2 heteroatoms. The second-order valence-corrected chi connectivity index (χ2v) is 7.92. The highest BCUT2D eigenvalue weighted by Crippen LogP contribution is 2.31. The number of rotatable bonds is 6. The Balaban J connectivity index is 1.85. The van der Waals surface area contributed by atoms with Gasteiger partial charge in [0.25, 0.3) is 0 Å². The molecule has 0 amide bonds. The standard InChI is InChI=1S/C18H36N2/c1-4-12-19-17(16-8-5-6-9-16)15-20-13-7-10-18(2,3)11-14-20/h16-17,19H,4-15H2,1-3H3. The maximum Gasteiger partial charge on any atom is 0.0223 e. The third-order valence-corrected chi connectivity index (χ3v) is 5.51. The quantitative estimate of drug-likeness (QED) is 0.789. The van der Waals surface area contributed by atoms with E-state index in [4.69, 9.17) is 0 Å². The Morgan fingerprint density at radius 1 is 1.10 bits per heavy atom. The third kappa shape index (κ3) is 5.04. The van der Waals surface area contributed by atoms with Crippen molar-refractivity contribution in [3.05, 3.63) is 0 Å². The van der Waals surface area contributed by atoms with Crippen LogP contribution in [0.2, 0.25) is 0 Å². The molecule has 0 bridgehead atoms. The van der Waals surface area contributed by atoms with Crippen LogP contribution < -0.4 is 5.32 Å². The molecule has 1 aliphatic carbocycles. The van der Waals surface area contributed by atoms with Crippen molar-refractivity contribution >= 4 is 0 Å². The summed E-state index contributed by atoms with van der Waals surface area (Å²) in [6, 6.07) is 0.749. The zero-order valence-electron chi connectivity index (χ0n) is 14.1. The van der Waals surface area contributed by atoms with Crippen LogP contribution in [-0.2, 0) is 0 Å². The summed E-state index contributed by atoms with van der Waals surface area (Å²) < 4.78 is 0. The molecule has 2 nitrogen and oxygen atoms in total. The normalized spacial score (nSPS) is 26.6. The molecule has 0 radical (unpaired) electrons. The van der Waals surface area contributed by atoms with Gasteiger partial charge in [0, 0.05) is 12.6 Å². The number of nitrogens with zero attached hydrogens (tertiary/aromatic N) is 1. The smallest absolute Gasteiger partial charge is 0.0223 e. The molecule has 0 aromatic carbocycles. The highest BCUT2D eigenvalue weighted by atomic mass is 15.2. The average Bonchev–Trinajstić information content (AvgIpc) is 2.88. The van der Waals surface area contributed by atoms with Gasteiger partial charge in [-0.15, -0.1) is 0 Å². The lowest BCUT2D eigenvalue weighted by atomic mass is 9.85. The maximum atomic E-state index is 3.86. The molecule has 0 aromatic rings. The fourth-order valence-corrected chi connectivity index (χ4v) is 4.01. The molecule has 1 N–H and O–H groups in total. The molecule has 20 heavy (non-hydrogen) atoms. The Bertz CT molecular complexity index is 269. The first-order valence-corrected chi connectivity index (χ1v) is 9.06. The monoisotopic (exact) mass is 280 g/mol. The molecule has 2 aliphatic rings. The predicted molar refractivity (Wildman–Crippen MR) is 88.1 cm³/mol. The van der Waals surface area contributed by atoms with Crippen molar-refractivity contribution < 1.29 is 0 Å². The molecule has 1 saturated heterocycles. The van der Waals surface area contributed by atoms with E-state index >= 15 is 0 Å². The summed E-state index contributed by atoms with van der Waals surface area (Å²) in [5, 5.41) is 3.86. The summed E-state index contributed by atoms with van der Waals surface area (Å²) in [5.41, 5.74) is 0.564. The van der Waals surface area contributed by atoms with Gasteiger partial charge >= 0.3 is 0 Å². The van der Waals surface area contributed by atoms with Gasteiger partial charge in [-0.05, 0) is 69.5 Å². The topological polar surface area (TPSA) is 15.3 Å². The van der Waals surface area contributed by atoms with E-state index in [2.05, 4.69) is 31.0 Å². The van der Waals surface area contributed by atoms with Crippen LogP contribution in [0.25, 0.3) is 0 Å². The number of likely N-dealkylation sites (tertiary alicyclic amines) is 1. The van der Waals surface area contributed by atoms with Gasteiger partial charge in [-0.2, -0.15) is 0 Å². The molecule has 2 fully saturated rings. The number of nitrogens with one attached hydrogen (secondary N) is 1. The Morgan fingerprint density at radius 3 is 2.55 bits per heavy atom. The van der Waals surface area contributed by atoms with E-state index in [1.54, 1.807) is 0 Å². The highest BCUT2D eigenvalue weighted by molar-refractivity contribution is 4.85. The average molecular weight is 280 g/mol. The Morgan fingerprint density at radius 2 is 1.85 bits per heavy atom. The van der Waals surface area contributed by atoms with E-state index in [9.17, 15) is 0 Å². The first-order chi connectivity index (χ1) is 9.61. The van der Waals surface area contributed by atoms with Crippen LogP contribution in [0.15, 0.2) is 0 Å². The second-order valence-electron chi connectivity index (χ2n) is 7.92. The Hall–Kier alpha value is -0.0800. The molecular weight excluding hydrogens is 244 g/mol. The summed E-state index contributed by atoms with van der Waals surface area (Å²) in [5.74, 6) is 0.942. The van der Waals surface area contributed by atoms with Crippen molar-refractivity contribution in [2.24, 2.45) is 11.3 Å². The number of hydrogen-bond donors (Lipinski definition) is 1. The molecule has 1 saturated carbocycles. The van der Waals surface area contributed by atoms with Gasteiger partial charge in [0.1, 0.15) is 0 Å². The Kier molecular flexibility index (Phi) is 6.35. The van der Waals surface area contributed by atoms with Gasteiger partial charge in [0.2, 0.25) is 0 Å². The van der Waals surface area contributed by atoms with Gasteiger partial charge in [-0.1, -0.05) is 33.6 Å².